The molecule has 0 saturated carbocycles. The molecule has 1 fully saturated rings. The van der Waals surface area contributed by atoms with Crippen LogP contribution in [0.2, 0.25) is 0 Å². The minimum absolute atomic E-state index is 0.0332. The number of Topliss-reactive ketones (excluding diaryl/α,β-unsaturated/α-hetero) is 1. The molecule has 4 rings (SSSR count). The molecule has 2 aromatic heterocycles. The fourth-order valence-corrected chi connectivity index (χ4v) is 5.29. The van der Waals surface area contributed by atoms with Gasteiger partial charge in [-0.3, -0.25) is 9.59 Å². The van der Waals surface area contributed by atoms with E-state index >= 15 is 0 Å². The molecule has 1 saturated heterocycles. The number of amides is 1. The Morgan fingerprint density at radius 1 is 1.11 bits per heavy atom. The molecule has 15 nitrogen and oxygen atoms in total. The van der Waals surface area contributed by atoms with Crippen LogP contribution in [0.4, 0.5) is 4.79 Å². The predicted molar refractivity (Wildman–Crippen MR) is 162 cm³/mol. The van der Waals surface area contributed by atoms with Crippen molar-refractivity contribution in [3.8, 4) is 11.5 Å². The van der Waals surface area contributed by atoms with Crippen LogP contribution in [-0.2, 0) is 27.9 Å². The summed E-state index contributed by atoms with van der Waals surface area (Å²) in [5, 5.41) is 43.4. The molecule has 1 amide bonds. The number of aromatic nitrogens is 6. The maximum atomic E-state index is 13.5. The fourth-order valence-electron chi connectivity index (χ4n) is 5.29. The fraction of sp³-hybridized carbons (Fsp3) is 0.633. The van der Waals surface area contributed by atoms with Gasteiger partial charge in [0.15, 0.2) is 11.5 Å². The number of nitrogens with zero attached hydrogens (tertiary/aromatic N) is 7. The molecule has 3 aromatic rings. The van der Waals surface area contributed by atoms with Crippen molar-refractivity contribution in [2.24, 2.45) is 7.05 Å². The third-order valence-electron chi connectivity index (χ3n) is 7.86. The summed E-state index contributed by atoms with van der Waals surface area (Å²) in [6.07, 6.45) is -2.95. The first-order valence-electron chi connectivity index (χ1n) is 15.0. The summed E-state index contributed by atoms with van der Waals surface area (Å²) in [5.41, 5.74) is 1.50. The second-order valence-corrected chi connectivity index (χ2v) is 12.6. The van der Waals surface area contributed by atoms with E-state index in [1.54, 1.807) is 44.9 Å². The van der Waals surface area contributed by atoms with Gasteiger partial charge in [0.25, 0.3) is 5.56 Å². The topological polar surface area (TPSA) is 195 Å². The number of hydrogen-bond donors (Lipinski definition) is 3. The van der Waals surface area contributed by atoms with Crippen LogP contribution in [-0.4, -0.2) is 112 Å². The monoisotopic (exact) mass is 629 g/mol. The average molecular weight is 630 g/mol. The molecule has 1 aliphatic rings. The summed E-state index contributed by atoms with van der Waals surface area (Å²) in [6, 6.07) is 3.47. The Labute approximate surface area is 260 Å². The van der Waals surface area contributed by atoms with Crippen LogP contribution in [0.5, 0.6) is 0 Å². The first kappa shape index (κ1) is 34.1. The van der Waals surface area contributed by atoms with Crippen molar-refractivity contribution < 1.29 is 34.4 Å². The van der Waals surface area contributed by atoms with Crippen LogP contribution >= 0.6 is 0 Å². The highest BCUT2D eigenvalue weighted by Crippen LogP contribution is 2.24. The zero-order chi connectivity index (χ0) is 33.1. The van der Waals surface area contributed by atoms with E-state index in [1.807, 2.05) is 13.8 Å². The van der Waals surface area contributed by atoms with E-state index in [4.69, 9.17) is 9.47 Å². The lowest BCUT2D eigenvalue weighted by Gasteiger charge is -2.28. The SMILES string of the molecule is Cc1cc2nc(-c3nnnn3C)c(=O)n(C[C@H](O)[C@H](O)[C@H](O)COCC(=O)CC[C@@H]3CCCN3C(=O)OC(C)(C)C)c2cc1C. The van der Waals surface area contributed by atoms with Crippen LogP contribution in [0.15, 0.2) is 16.9 Å². The molecular formula is C30H43N7O8. The summed E-state index contributed by atoms with van der Waals surface area (Å²) >= 11 is 0. The Hall–Kier alpha value is -3.79. The second-order valence-electron chi connectivity index (χ2n) is 12.6. The van der Waals surface area contributed by atoms with Gasteiger partial charge in [0.05, 0.1) is 24.2 Å². The quantitative estimate of drug-likeness (QED) is 0.258. The van der Waals surface area contributed by atoms with Gasteiger partial charge >= 0.3 is 6.09 Å². The minimum atomic E-state index is -1.69. The number of rotatable bonds is 12. The molecule has 1 aliphatic heterocycles. The number of aryl methyl sites for hydroxylation is 3. The summed E-state index contributed by atoms with van der Waals surface area (Å²) in [4.78, 5) is 44.6. The number of carbonyl (C=O) groups is 2. The highest BCUT2D eigenvalue weighted by molar-refractivity contribution is 5.80. The first-order chi connectivity index (χ1) is 21.2. The van der Waals surface area contributed by atoms with Crippen LogP contribution in [0.25, 0.3) is 22.6 Å². The predicted octanol–water partition coefficient (Wildman–Crippen LogP) is 1.05. The molecule has 246 valence electrons. The van der Waals surface area contributed by atoms with E-state index in [9.17, 15) is 29.7 Å². The highest BCUT2D eigenvalue weighted by atomic mass is 16.6. The van der Waals surface area contributed by atoms with E-state index < -0.39 is 42.2 Å². The largest absolute Gasteiger partial charge is 0.444 e. The Balaban J connectivity index is 1.35. The van der Waals surface area contributed by atoms with Crippen molar-refractivity contribution >= 4 is 22.9 Å². The van der Waals surface area contributed by atoms with E-state index in [1.165, 1.54) is 9.25 Å². The van der Waals surface area contributed by atoms with Crippen molar-refractivity contribution in [1.29, 1.82) is 0 Å². The normalized spacial score (nSPS) is 17.4. The van der Waals surface area contributed by atoms with Crippen molar-refractivity contribution in [3.63, 3.8) is 0 Å². The molecule has 0 spiro atoms. The molecule has 15 heteroatoms. The van der Waals surface area contributed by atoms with Crippen molar-refractivity contribution in [2.45, 2.75) is 96.8 Å². The number of tetrazole rings is 1. The van der Waals surface area contributed by atoms with Gasteiger partial charge in [0.1, 0.15) is 30.5 Å². The number of carbonyl (C=O) groups excluding carboxylic acids is 2. The van der Waals surface area contributed by atoms with Crippen molar-refractivity contribution in [1.82, 2.24) is 34.7 Å². The van der Waals surface area contributed by atoms with E-state index in [0.29, 0.717) is 24.0 Å². The van der Waals surface area contributed by atoms with Crippen LogP contribution < -0.4 is 5.56 Å². The molecule has 3 N–H and O–H groups in total. The number of ketones is 1. The molecule has 0 aliphatic carbocycles. The lowest BCUT2D eigenvalue weighted by atomic mass is 10.1. The number of aliphatic hydroxyl groups excluding tert-OH is 3. The lowest BCUT2D eigenvalue weighted by molar-refractivity contribution is -0.128. The van der Waals surface area contributed by atoms with Crippen molar-refractivity contribution in [2.75, 3.05) is 19.8 Å². The Kier molecular flexibility index (Phi) is 10.7. The highest BCUT2D eigenvalue weighted by Gasteiger charge is 2.32. The summed E-state index contributed by atoms with van der Waals surface area (Å²) in [5.74, 6) is -0.0907. The summed E-state index contributed by atoms with van der Waals surface area (Å²) in [6.45, 7) is 8.68. The zero-order valence-electron chi connectivity index (χ0n) is 26.6. The molecule has 0 bridgehead atoms. The lowest BCUT2D eigenvalue weighted by Crippen LogP contribution is -2.44. The number of likely N-dealkylation sites (tertiary alicyclic amines) is 1. The number of ether oxygens (including phenoxy) is 2. The molecular weight excluding hydrogens is 586 g/mol. The molecule has 1 aromatic carbocycles. The molecule has 4 atom stereocenters. The number of hydrogen-bond acceptors (Lipinski definition) is 12. The third-order valence-corrected chi connectivity index (χ3v) is 7.86. The first-order valence-corrected chi connectivity index (χ1v) is 15.0. The van der Waals surface area contributed by atoms with Crippen LogP contribution in [0.3, 0.4) is 0 Å². The molecule has 0 unspecified atom stereocenters. The minimum Gasteiger partial charge on any atom is -0.444 e. The van der Waals surface area contributed by atoms with E-state index in [0.717, 1.165) is 24.0 Å². The summed E-state index contributed by atoms with van der Waals surface area (Å²) in [7, 11) is 1.57. The Bertz CT molecular complexity index is 1580. The number of fused-ring (bicyclic) bond motifs is 1. The summed E-state index contributed by atoms with van der Waals surface area (Å²) < 4.78 is 13.4. The molecule has 0 radical (unpaired) electrons. The van der Waals surface area contributed by atoms with Gasteiger partial charge in [-0.15, -0.1) is 5.10 Å². The average Bonchev–Trinajstić information content (AvgIpc) is 3.62. The smallest absolute Gasteiger partial charge is 0.410 e. The van der Waals surface area contributed by atoms with Gasteiger partial charge in [-0.2, -0.15) is 0 Å². The maximum absolute atomic E-state index is 13.5. The second kappa shape index (κ2) is 14.1. The third kappa shape index (κ3) is 8.28. The van der Waals surface area contributed by atoms with E-state index in [2.05, 4.69) is 20.5 Å². The van der Waals surface area contributed by atoms with Gasteiger partial charge in [0, 0.05) is 26.1 Å². The maximum Gasteiger partial charge on any atom is 0.410 e. The standard InChI is InChI=1S/C30H43N7O8/c1-17-12-21-22(13-18(17)2)37(28(42)25(31-21)27-32-33-34-35(27)6)14-23(39)26(41)24(40)16-44-15-20(38)10-9-19-8-7-11-36(19)29(43)45-30(3,4)5/h12-13,19,23-24,26,39-41H,7-11,14-16H2,1-6H3/t19-,23-,24+,26-/m0/s1. The Morgan fingerprint density at radius 3 is 2.49 bits per heavy atom. The van der Waals surface area contributed by atoms with E-state index in [-0.39, 0.29) is 42.9 Å². The van der Waals surface area contributed by atoms with Gasteiger partial charge < -0.3 is 34.3 Å². The van der Waals surface area contributed by atoms with Gasteiger partial charge in [-0.05, 0) is 87.6 Å². The van der Waals surface area contributed by atoms with Crippen LogP contribution in [0, 0.1) is 13.8 Å². The Morgan fingerprint density at radius 2 is 1.82 bits per heavy atom. The van der Waals surface area contributed by atoms with Gasteiger partial charge in [-0.1, -0.05) is 0 Å². The molecule has 45 heavy (non-hydrogen) atoms. The number of aliphatic hydroxyl groups is 3. The van der Waals surface area contributed by atoms with Gasteiger partial charge in [-0.25, -0.2) is 14.5 Å². The zero-order valence-corrected chi connectivity index (χ0v) is 26.6. The van der Waals surface area contributed by atoms with Crippen molar-refractivity contribution in [3.05, 3.63) is 33.6 Å². The van der Waals surface area contributed by atoms with Crippen LogP contribution in [0.1, 0.15) is 57.6 Å². The molecule has 3 heterocycles. The van der Waals surface area contributed by atoms with Gasteiger partial charge in [0.2, 0.25) is 5.82 Å². The number of benzene rings is 1.